The molecule has 0 atom stereocenters. The van der Waals surface area contributed by atoms with Gasteiger partial charge < -0.3 is 15.8 Å². The Morgan fingerprint density at radius 1 is 1.47 bits per heavy atom. The molecule has 0 bridgehead atoms. The van der Waals surface area contributed by atoms with Crippen LogP contribution in [0.5, 0.6) is 5.75 Å². The lowest BCUT2D eigenvalue weighted by molar-refractivity contribution is 0.258. The number of amides is 2. The predicted molar refractivity (Wildman–Crippen MR) is 60.0 cm³/mol. The summed E-state index contributed by atoms with van der Waals surface area (Å²) >= 11 is 0. The predicted octanol–water partition coefficient (Wildman–Crippen LogP) is 2.21. The molecule has 0 aliphatic carbocycles. The van der Waals surface area contributed by atoms with Crippen LogP contribution in [0.3, 0.4) is 0 Å². The molecule has 82 valence electrons. The highest BCUT2D eigenvalue weighted by Gasteiger charge is 2.05. The number of hydrogen-bond donors (Lipinski definition) is 2. The van der Waals surface area contributed by atoms with Crippen LogP contribution < -0.4 is 15.8 Å². The number of carbonyl (C=O) groups is 1. The number of benzene rings is 1. The first-order valence-electron chi connectivity index (χ1n) is 4.88. The van der Waals surface area contributed by atoms with E-state index in [2.05, 4.69) is 19.2 Å². The second-order valence-electron chi connectivity index (χ2n) is 3.69. The number of hydrogen-bond acceptors (Lipinski definition) is 2. The molecule has 1 aromatic carbocycles. The fraction of sp³-hybridized carbons (Fsp3) is 0.364. The third kappa shape index (κ3) is 3.89. The molecule has 3 N–H and O–H groups in total. The molecule has 0 aliphatic rings. The standard InChI is InChI=1S/C11H16N2O2/c1-8(2)7-15-10-6-4-3-5-9(10)13-11(12)14/h3-6,8H,7H2,1-2H3,(H3,12,13,14). The van der Waals surface area contributed by atoms with Gasteiger partial charge in [-0.2, -0.15) is 0 Å². The monoisotopic (exact) mass is 208 g/mol. The van der Waals surface area contributed by atoms with E-state index in [-0.39, 0.29) is 0 Å². The minimum Gasteiger partial charge on any atom is -0.491 e. The first kappa shape index (κ1) is 11.4. The van der Waals surface area contributed by atoms with Gasteiger partial charge in [-0.25, -0.2) is 4.79 Å². The Hall–Kier alpha value is -1.71. The van der Waals surface area contributed by atoms with Gasteiger partial charge in [-0.05, 0) is 18.1 Å². The number of primary amides is 1. The number of carbonyl (C=O) groups excluding carboxylic acids is 1. The summed E-state index contributed by atoms with van der Waals surface area (Å²) in [6.45, 7) is 4.73. The van der Waals surface area contributed by atoms with Crippen LogP contribution in [0.1, 0.15) is 13.8 Å². The van der Waals surface area contributed by atoms with Crippen molar-refractivity contribution in [2.45, 2.75) is 13.8 Å². The van der Waals surface area contributed by atoms with E-state index in [4.69, 9.17) is 10.5 Å². The maximum Gasteiger partial charge on any atom is 0.316 e. The Balaban J connectivity index is 2.72. The van der Waals surface area contributed by atoms with Gasteiger partial charge in [0.2, 0.25) is 0 Å². The topological polar surface area (TPSA) is 64.3 Å². The van der Waals surface area contributed by atoms with Gasteiger partial charge in [0.05, 0.1) is 12.3 Å². The second kappa shape index (κ2) is 5.24. The van der Waals surface area contributed by atoms with Crippen LogP contribution >= 0.6 is 0 Å². The summed E-state index contributed by atoms with van der Waals surface area (Å²) in [5, 5.41) is 2.51. The van der Waals surface area contributed by atoms with Crippen LogP contribution in [0.25, 0.3) is 0 Å². The van der Waals surface area contributed by atoms with Crippen molar-refractivity contribution < 1.29 is 9.53 Å². The molecule has 0 saturated heterocycles. The Labute approximate surface area is 89.4 Å². The minimum atomic E-state index is -0.587. The molecule has 1 rings (SSSR count). The van der Waals surface area contributed by atoms with E-state index in [1.807, 2.05) is 12.1 Å². The summed E-state index contributed by atoms with van der Waals surface area (Å²) in [5.74, 6) is 1.08. The fourth-order valence-corrected chi connectivity index (χ4v) is 1.08. The summed E-state index contributed by atoms with van der Waals surface area (Å²) in [7, 11) is 0. The lowest BCUT2D eigenvalue weighted by Gasteiger charge is -2.12. The van der Waals surface area contributed by atoms with E-state index in [9.17, 15) is 4.79 Å². The molecule has 4 heteroatoms. The van der Waals surface area contributed by atoms with Gasteiger partial charge >= 0.3 is 6.03 Å². The van der Waals surface area contributed by atoms with Crippen molar-refractivity contribution in [1.29, 1.82) is 0 Å². The minimum absolute atomic E-state index is 0.437. The molecule has 0 radical (unpaired) electrons. The van der Waals surface area contributed by atoms with Crippen LogP contribution in [0.4, 0.5) is 10.5 Å². The molecular formula is C11H16N2O2. The van der Waals surface area contributed by atoms with Crippen molar-refractivity contribution in [3.63, 3.8) is 0 Å². The molecule has 2 amide bonds. The molecule has 0 spiro atoms. The third-order valence-corrected chi connectivity index (χ3v) is 1.72. The van der Waals surface area contributed by atoms with Crippen LogP contribution in [-0.2, 0) is 0 Å². The maximum atomic E-state index is 10.7. The normalized spacial score (nSPS) is 10.1. The molecule has 0 aliphatic heterocycles. The highest BCUT2D eigenvalue weighted by Crippen LogP contribution is 2.23. The van der Waals surface area contributed by atoms with Gasteiger partial charge in [0, 0.05) is 0 Å². The third-order valence-electron chi connectivity index (χ3n) is 1.72. The van der Waals surface area contributed by atoms with Crippen LogP contribution in [0.15, 0.2) is 24.3 Å². The lowest BCUT2D eigenvalue weighted by atomic mass is 10.2. The van der Waals surface area contributed by atoms with Crippen LogP contribution in [0, 0.1) is 5.92 Å². The van der Waals surface area contributed by atoms with E-state index in [0.717, 1.165) is 0 Å². The van der Waals surface area contributed by atoms with Crippen LogP contribution in [-0.4, -0.2) is 12.6 Å². The summed E-state index contributed by atoms with van der Waals surface area (Å²) in [5.41, 5.74) is 5.65. The van der Waals surface area contributed by atoms with Crippen molar-refractivity contribution in [2.24, 2.45) is 11.7 Å². The highest BCUT2D eigenvalue weighted by molar-refractivity contribution is 5.89. The largest absolute Gasteiger partial charge is 0.491 e. The zero-order valence-electron chi connectivity index (χ0n) is 8.99. The van der Waals surface area contributed by atoms with E-state index in [1.54, 1.807) is 12.1 Å². The SMILES string of the molecule is CC(C)COc1ccccc1NC(N)=O. The Bertz CT molecular complexity index is 337. The molecule has 4 nitrogen and oxygen atoms in total. The quantitative estimate of drug-likeness (QED) is 0.796. The van der Waals surface area contributed by atoms with Gasteiger partial charge in [0.15, 0.2) is 0 Å². The Morgan fingerprint density at radius 3 is 2.73 bits per heavy atom. The first-order valence-corrected chi connectivity index (χ1v) is 4.88. The van der Waals surface area contributed by atoms with Crippen molar-refractivity contribution in [2.75, 3.05) is 11.9 Å². The van der Waals surface area contributed by atoms with Gasteiger partial charge in [-0.15, -0.1) is 0 Å². The van der Waals surface area contributed by atoms with E-state index < -0.39 is 6.03 Å². The Morgan fingerprint density at radius 2 is 2.13 bits per heavy atom. The molecule has 0 aromatic heterocycles. The molecule has 0 saturated carbocycles. The first-order chi connectivity index (χ1) is 7.09. The van der Waals surface area contributed by atoms with Crippen LogP contribution in [0.2, 0.25) is 0 Å². The number of nitrogens with one attached hydrogen (secondary N) is 1. The summed E-state index contributed by atoms with van der Waals surface area (Å²) in [4.78, 5) is 10.7. The van der Waals surface area contributed by atoms with Crippen molar-refractivity contribution in [3.05, 3.63) is 24.3 Å². The van der Waals surface area contributed by atoms with E-state index in [1.165, 1.54) is 0 Å². The average Bonchev–Trinajstić information content (AvgIpc) is 2.15. The van der Waals surface area contributed by atoms with Crippen molar-refractivity contribution in [1.82, 2.24) is 0 Å². The number of para-hydroxylation sites is 2. The average molecular weight is 208 g/mol. The zero-order valence-corrected chi connectivity index (χ0v) is 8.99. The second-order valence-corrected chi connectivity index (χ2v) is 3.69. The Kier molecular flexibility index (Phi) is 3.97. The molecular weight excluding hydrogens is 192 g/mol. The summed E-state index contributed by atoms with van der Waals surface area (Å²) < 4.78 is 5.53. The summed E-state index contributed by atoms with van der Waals surface area (Å²) in [6, 6.07) is 6.62. The number of rotatable bonds is 4. The highest BCUT2D eigenvalue weighted by atomic mass is 16.5. The zero-order chi connectivity index (χ0) is 11.3. The van der Waals surface area contributed by atoms with Gasteiger partial charge in [-0.3, -0.25) is 0 Å². The lowest BCUT2D eigenvalue weighted by Crippen LogP contribution is -2.20. The van der Waals surface area contributed by atoms with Gasteiger partial charge in [0.1, 0.15) is 5.75 Å². The molecule has 0 unspecified atom stereocenters. The van der Waals surface area contributed by atoms with E-state index >= 15 is 0 Å². The maximum absolute atomic E-state index is 10.7. The van der Waals surface area contributed by atoms with Crippen molar-refractivity contribution >= 4 is 11.7 Å². The molecule has 1 aromatic rings. The molecule has 15 heavy (non-hydrogen) atoms. The fourth-order valence-electron chi connectivity index (χ4n) is 1.08. The number of urea groups is 1. The summed E-state index contributed by atoms with van der Waals surface area (Å²) in [6.07, 6.45) is 0. The number of ether oxygens (including phenoxy) is 1. The van der Waals surface area contributed by atoms with E-state index in [0.29, 0.717) is 24.0 Å². The molecule has 0 fully saturated rings. The number of anilines is 1. The van der Waals surface area contributed by atoms with Crippen molar-refractivity contribution in [3.8, 4) is 5.75 Å². The smallest absolute Gasteiger partial charge is 0.316 e. The van der Waals surface area contributed by atoms with Gasteiger partial charge in [0.25, 0.3) is 0 Å². The van der Waals surface area contributed by atoms with Gasteiger partial charge in [-0.1, -0.05) is 26.0 Å². The molecule has 0 heterocycles. The number of nitrogens with two attached hydrogens (primary N) is 1.